The van der Waals surface area contributed by atoms with Gasteiger partial charge in [-0.25, -0.2) is 4.79 Å². The Hall–Kier alpha value is -3.85. The SMILES string of the molecule is COCCCN1CCOc2ccc(COC3CNCC(OC(=O)OCCCCO[N+](=O)[O-])C3OC3CCC(Oc4ccccc4)CC3)cc21. The first-order chi connectivity index (χ1) is 24.0. The van der Waals surface area contributed by atoms with Crippen LogP contribution in [-0.2, 0) is 35.1 Å². The minimum Gasteiger partial charge on any atom is -0.490 e. The van der Waals surface area contributed by atoms with E-state index in [1.807, 2.05) is 42.5 Å². The summed E-state index contributed by atoms with van der Waals surface area (Å²) >= 11 is 0. The monoisotopic (exact) mass is 687 g/mol. The molecule has 14 heteroatoms. The third-order valence-corrected chi connectivity index (χ3v) is 8.87. The van der Waals surface area contributed by atoms with Crippen molar-refractivity contribution in [3.8, 4) is 11.5 Å². The molecule has 3 aliphatic rings. The number of para-hydroxylation sites is 1. The lowest BCUT2D eigenvalue weighted by atomic mass is 9.94. The van der Waals surface area contributed by atoms with Gasteiger partial charge in [0.05, 0.1) is 44.3 Å². The Kier molecular flexibility index (Phi) is 14.4. The fraction of sp³-hybridized carbons (Fsp3) is 0.629. The number of unbranched alkanes of at least 4 members (excludes halogenated alkanes) is 1. The number of carbonyl (C=O) groups excluding carboxylic acids is 1. The van der Waals surface area contributed by atoms with Crippen LogP contribution in [0.15, 0.2) is 48.5 Å². The summed E-state index contributed by atoms with van der Waals surface area (Å²) in [6.07, 6.45) is 2.70. The average molecular weight is 688 g/mol. The second-order valence-electron chi connectivity index (χ2n) is 12.4. The molecule has 0 amide bonds. The summed E-state index contributed by atoms with van der Waals surface area (Å²) in [6.45, 7) is 4.27. The van der Waals surface area contributed by atoms with E-state index >= 15 is 0 Å². The molecule has 0 radical (unpaired) electrons. The van der Waals surface area contributed by atoms with Crippen molar-refractivity contribution in [3.05, 3.63) is 64.2 Å². The molecule has 1 saturated carbocycles. The molecule has 0 bridgehead atoms. The molecule has 0 spiro atoms. The highest BCUT2D eigenvalue weighted by Gasteiger charge is 2.40. The maximum Gasteiger partial charge on any atom is 0.508 e. The van der Waals surface area contributed by atoms with E-state index in [4.69, 9.17) is 33.2 Å². The molecule has 3 atom stereocenters. The number of nitrogens with zero attached hydrogens (tertiary/aromatic N) is 2. The van der Waals surface area contributed by atoms with Gasteiger partial charge in [-0.3, -0.25) is 0 Å². The molecular weight excluding hydrogens is 638 g/mol. The zero-order chi connectivity index (χ0) is 34.3. The summed E-state index contributed by atoms with van der Waals surface area (Å²) in [7, 11) is 1.71. The van der Waals surface area contributed by atoms with Crippen LogP contribution < -0.4 is 19.7 Å². The van der Waals surface area contributed by atoms with Crippen molar-refractivity contribution < 1.29 is 47.9 Å². The number of fused-ring (bicyclic) bond motifs is 1. The van der Waals surface area contributed by atoms with Crippen molar-refractivity contribution in [1.82, 2.24) is 5.32 Å². The van der Waals surface area contributed by atoms with Gasteiger partial charge in [-0.05, 0) is 74.8 Å². The molecule has 270 valence electrons. The van der Waals surface area contributed by atoms with E-state index in [0.29, 0.717) is 45.8 Å². The van der Waals surface area contributed by atoms with Gasteiger partial charge in [0.2, 0.25) is 0 Å². The highest BCUT2D eigenvalue weighted by molar-refractivity contribution is 5.61. The van der Waals surface area contributed by atoms with E-state index in [1.54, 1.807) is 7.11 Å². The standard InChI is InChI=1S/C35H49N3O11/c1-42-18-7-16-37-17-21-43-31-15-10-26(22-30(31)37)25-45-32-23-36-24-33(49-35(39)44-19-5-6-20-46-38(40)41)34(32)48-29-13-11-28(12-14-29)47-27-8-3-2-4-9-27/h2-4,8-10,15,22,28-29,32-34,36H,5-7,11-14,16-21,23-25H2,1H3. The summed E-state index contributed by atoms with van der Waals surface area (Å²) in [4.78, 5) is 29.7. The van der Waals surface area contributed by atoms with Gasteiger partial charge in [0, 0.05) is 33.4 Å². The van der Waals surface area contributed by atoms with E-state index < -0.39 is 29.6 Å². The minimum atomic E-state index is -0.842. The number of hydrogen-bond acceptors (Lipinski definition) is 13. The Bertz CT molecular complexity index is 1290. The van der Waals surface area contributed by atoms with Crippen molar-refractivity contribution in [2.24, 2.45) is 0 Å². The number of ether oxygens (including phenoxy) is 7. The molecule has 2 aliphatic heterocycles. The van der Waals surface area contributed by atoms with E-state index in [0.717, 1.165) is 67.9 Å². The minimum absolute atomic E-state index is 0.0462. The van der Waals surface area contributed by atoms with Crippen LogP contribution in [0, 0.1) is 10.1 Å². The Morgan fingerprint density at radius 2 is 1.76 bits per heavy atom. The second kappa shape index (κ2) is 19.4. The average Bonchev–Trinajstić information content (AvgIpc) is 3.11. The zero-order valence-corrected chi connectivity index (χ0v) is 28.2. The maximum atomic E-state index is 12.7. The van der Waals surface area contributed by atoms with Gasteiger partial charge in [0.15, 0.2) is 0 Å². The molecule has 2 heterocycles. The van der Waals surface area contributed by atoms with E-state index in [1.165, 1.54) is 0 Å². The third kappa shape index (κ3) is 11.6. The van der Waals surface area contributed by atoms with E-state index in [-0.39, 0.29) is 25.4 Å². The van der Waals surface area contributed by atoms with Crippen LogP contribution in [-0.4, -0.2) is 101 Å². The molecule has 2 aromatic carbocycles. The quantitative estimate of drug-likeness (QED) is 0.100. The van der Waals surface area contributed by atoms with Gasteiger partial charge in [0.25, 0.3) is 5.09 Å². The number of nitrogens with one attached hydrogen (secondary N) is 1. The molecule has 14 nitrogen and oxygen atoms in total. The number of carbonyl (C=O) groups is 1. The Morgan fingerprint density at radius 1 is 0.980 bits per heavy atom. The predicted octanol–water partition coefficient (Wildman–Crippen LogP) is 4.70. The molecule has 1 aliphatic carbocycles. The number of anilines is 1. The Balaban J connectivity index is 1.19. The Morgan fingerprint density at radius 3 is 2.55 bits per heavy atom. The van der Waals surface area contributed by atoms with Crippen molar-refractivity contribution in [2.75, 3.05) is 64.6 Å². The van der Waals surface area contributed by atoms with E-state index in [9.17, 15) is 14.9 Å². The lowest BCUT2D eigenvalue weighted by molar-refractivity contribution is -0.757. The van der Waals surface area contributed by atoms with Crippen LogP contribution in [0.1, 0.15) is 50.5 Å². The summed E-state index contributed by atoms with van der Waals surface area (Å²) in [5.41, 5.74) is 2.04. The lowest BCUT2D eigenvalue weighted by Crippen LogP contribution is -2.58. The first-order valence-electron chi connectivity index (χ1n) is 17.3. The summed E-state index contributed by atoms with van der Waals surface area (Å²) < 4.78 is 41.6. The number of rotatable bonds is 18. The first kappa shape index (κ1) is 36.4. The van der Waals surface area contributed by atoms with Gasteiger partial charge in [-0.15, -0.1) is 10.1 Å². The number of benzene rings is 2. The molecule has 3 unspecified atom stereocenters. The zero-order valence-electron chi connectivity index (χ0n) is 28.2. The van der Waals surface area contributed by atoms with Crippen molar-refractivity contribution in [2.45, 2.75) is 82.1 Å². The molecule has 1 N–H and O–H groups in total. The largest absolute Gasteiger partial charge is 0.508 e. The topological polar surface area (TPSA) is 149 Å². The van der Waals surface area contributed by atoms with Crippen molar-refractivity contribution in [3.63, 3.8) is 0 Å². The third-order valence-electron chi connectivity index (χ3n) is 8.87. The highest BCUT2D eigenvalue weighted by atomic mass is 16.9. The molecule has 2 aromatic rings. The molecule has 49 heavy (non-hydrogen) atoms. The van der Waals surface area contributed by atoms with Gasteiger partial charge in [0.1, 0.15) is 36.4 Å². The molecule has 1 saturated heterocycles. The number of methoxy groups -OCH3 is 1. The summed E-state index contributed by atoms with van der Waals surface area (Å²) in [5, 5.41) is 12.8. The number of piperidine rings is 1. The second-order valence-corrected chi connectivity index (χ2v) is 12.4. The van der Waals surface area contributed by atoms with Crippen molar-refractivity contribution >= 4 is 11.8 Å². The molecule has 5 rings (SSSR count). The number of hydrogen-bond donors (Lipinski definition) is 1. The van der Waals surface area contributed by atoms with Crippen LogP contribution in [0.25, 0.3) is 0 Å². The van der Waals surface area contributed by atoms with Gasteiger partial charge >= 0.3 is 6.16 Å². The molecule has 2 fully saturated rings. The molecular formula is C35H49N3O11. The first-order valence-corrected chi connectivity index (χ1v) is 17.3. The predicted molar refractivity (Wildman–Crippen MR) is 178 cm³/mol. The highest BCUT2D eigenvalue weighted by Crippen LogP contribution is 2.34. The van der Waals surface area contributed by atoms with Crippen molar-refractivity contribution in [1.29, 1.82) is 0 Å². The van der Waals surface area contributed by atoms with Crippen LogP contribution in [0.5, 0.6) is 11.5 Å². The van der Waals surface area contributed by atoms with Crippen LogP contribution in [0.2, 0.25) is 0 Å². The van der Waals surface area contributed by atoms with Gasteiger partial charge < -0.3 is 48.2 Å². The smallest absolute Gasteiger partial charge is 0.490 e. The fourth-order valence-corrected chi connectivity index (χ4v) is 6.38. The van der Waals surface area contributed by atoms with E-state index in [2.05, 4.69) is 21.1 Å². The van der Waals surface area contributed by atoms with Crippen LogP contribution in [0.4, 0.5) is 10.5 Å². The Labute approximate surface area is 287 Å². The normalized spacial score (nSPS) is 23.5. The summed E-state index contributed by atoms with van der Waals surface area (Å²) in [5.74, 6) is 1.72. The lowest BCUT2D eigenvalue weighted by Gasteiger charge is -2.40. The van der Waals surface area contributed by atoms with Crippen LogP contribution in [0.3, 0.4) is 0 Å². The molecule has 0 aromatic heterocycles. The fourth-order valence-electron chi connectivity index (χ4n) is 6.38. The van der Waals surface area contributed by atoms with Gasteiger partial charge in [-0.1, -0.05) is 24.3 Å². The maximum absolute atomic E-state index is 12.7. The summed E-state index contributed by atoms with van der Waals surface area (Å²) in [6, 6.07) is 16.0. The van der Waals surface area contributed by atoms with Gasteiger partial charge in [-0.2, -0.15) is 0 Å². The van der Waals surface area contributed by atoms with Crippen LogP contribution >= 0.6 is 0 Å².